The number of fused-ring (bicyclic) bond motifs is 4. The fourth-order valence-corrected chi connectivity index (χ4v) is 8.89. The predicted octanol–water partition coefficient (Wildman–Crippen LogP) is 16.5. The molecule has 11 aromatic rings. The van der Waals surface area contributed by atoms with Crippen LogP contribution in [0.25, 0.3) is 88.3 Å². The summed E-state index contributed by atoms with van der Waals surface area (Å²) < 4.78 is 6.30. The van der Waals surface area contributed by atoms with Crippen LogP contribution >= 0.6 is 0 Å². The van der Waals surface area contributed by atoms with Crippen molar-refractivity contribution in [1.82, 2.24) is 0 Å². The number of hydrogen-bond donors (Lipinski definition) is 0. The van der Waals surface area contributed by atoms with Gasteiger partial charge in [0.05, 0.1) is 0 Å². The minimum Gasteiger partial charge on any atom is -0.456 e. The van der Waals surface area contributed by atoms with Gasteiger partial charge in [0.1, 0.15) is 11.2 Å². The number of nitrogens with zero attached hydrogens (tertiary/aromatic N) is 1. The molecule has 0 bridgehead atoms. The van der Waals surface area contributed by atoms with Crippen molar-refractivity contribution in [2.24, 2.45) is 0 Å². The molecule has 2 heteroatoms. The predicted molar refractivity (Wildman–Crippen MR) is 253 cm³/mol. The summed E-state index contributed by atoms with van der Waals surface area (Å²) in [6.07, 6.45) is 0. The van der Waals surface area contributed by atoms with E-state index in [2.05, 4.69) is 229 Å². The summed E-state index contributed by atoms with van der Waals surface area (Å²) >= 11 is 0. The highest BCUT2D eigenvalue weighted by Crippen LogP contribution is 2.46. The number of para-hydroxylation sites is 1. The number of hydrogen-bond acceptors (Lipinski definition) is 2. The van der Waals surface area contributed by atoms with E-state index in [1.165, 1.54) is 60.8 Å². The highest BCUT2D eigenvalue weighted by atomic mass is 16.3. The zero-order valence-corrected chi connectivity index (χ0v) is 32.9. The number of anilines is 3. The molecule has 11 rings (SSSR count). The second kappa shape index (κ2) is 15.1. The maximum atomic E-state index is 6.30. The molecule has 60 heavy (non-hydrogen) atoms. The maximum absolute atomic E-state index is 6.30. The van der Waals surface area contributed by atoms with Gasteiger partial charge in [-0.3, -0.25) is 0 Å². The average molecular weight is 766 g/mol. The molecule has 0 saturated carbocycles. The van der Waals surface area contributed by atoms with E-state index >= 15 is 0 Å². The molecule has 0 aliphatic rings. The maximum Gasteiger partial charge on any atom is 0.135 e. The highest BCUT2D eigenvalue weighted by Gasteiger charge is 2.20. The van der Waals surface area contributed by atoms with Gasteiger partial charge in [-0.1, -0.05) is 188 Å². The molecule has 0 spiro atoms. The first-order chi connectivity index (χ1) is 29.8. The van der Waals surface area contributed by atoms with Gasteiger partial charge in [-0.05, 0) is 115 Å². The standard InChI is InChI=1S/C58H39NO/c1-3-16-40(17-4-1)50-25-9-10-27-54(50)58-51(42-18-5-2-6-19-42)29-15-30-52(58)44-22-13-23-46(38-44)59(47-36-37-57-55(39-47)53-26-11-12-31-56(53)60-57)45-34-32-43(33-35-45)49-28-14-21-41-20-7-8-24-48(41)49/h1-39H. The van der Waals surface area contributed by atoms with E-state index in [-0.39, 0.29) is 0 Å². The van der Waals surface area contributed by atoms with E-state index in [0.29, 0.717) is 0 Å². The van der Waals surface area contributed by atoms with E-state index < -0.39 is 0 Å². The van der Waals surface area contributed by atoms with Crippen molar-refractivity contribution in [3.05, 3.63) is 237 Å². The zero-order valence-electron chi connectivity index (χ0n) is 32.9. The summed E-state index contributed by atoms with van der Waals surface area (Å²) in [4.78, 5) is 2.37. The van der Waals surface area contributed by atoms with Crippen LogP contribution in [0.4, 0.5) is 17.1 Å². The van der Waals surface area contributed by atoms with Gasteiger partial charge in [-0.15, -0.1) is 0 Å². The Bertz CT molecular complexity index is 3300. The van der Waals surface area contributed by atoms with Gasteiger partial charge in [0, 0.05) is 27.8 Å². The Morgan fingerprint density at radius 3 is 1.57 bits per heavy atom. The van der Waals surface area contributed by atoms with Crippen molar-refractivity contribution >= 4 is 49.8 Å². The van der Waals surface area contributed by atoms with Crippen LogP contribution in [-0.4, -0.2) is 0 Å². The van der Waals surface area contributed by atoms with Crippen molar-refractivity contribution in [2.45, 2.75) is 0 Å². The quantitative estimate of drug-likeness (QED) is 0.153. The summed E-state index contributed by atoms with van der Waals surface area (Å²) in [6.45, 7) is 0. The minimum atomic E-state index is 0.874. The first-order valence-corrected chi connectivity index (χ1v) is 20.5. The Morgan fingerprint density at radius 2 is 0.767 bits per heavy atom. The normalized spacial score (nSPS) is 11.3. The topological polar surface area (TPSA) is 16.4 Å². The molecule has 0 N–H and O–H groups in total. The molecule has 10 aromatic carbocycles. The fraction of sp³-hybridized carbons (Fsp3) is 0. The molecule has 0 unspecified atom stereocenters. The number of rotatable bonds is 8. The molecule has 0 aliphatic carbocycles. The summed E-state index contributed by atoms with van der Waals surface area (Å²) in [5.41, 5.74) is 16.8. The van der Waals surface area contributed by atoms with Crippen molar-refractivity contribution < 1.29 is 4.42 Å². The van der Waals surface area contributed by atoms with E-state index in [0.717, 1.165) is 44.6 Å². The Balaban J connectivity index is 1.10. The zero-order chi connectivity index (χ0) is 39.8. The third-order valence-corrected chi connectivity index (χ3v) is 11.7. The summed E-state index contributed by atoms with van der Waals surface area (Å²) in [6, 6.07) is 85.0. The van der Waals surface area contributed by atoms with Crippen LogP contribution in [0.1, 0.15) is 0 Å². The Morgan fingerprint density at radius 1 is 0.267 bits per heavy atom. The van der Waals surface area contributed by atoms with Crippen LogP contribution in [-0.2, 0) is 0 Å². The molecule has 0 saturated heterocycles. The first-order valence-electron chi connectivity index (χ1n) is 20.5. The summed E-state index contributed by atoms with van der Waals surface area (Å²) in [7, 11) is 0. The lowest BCUT2D eigenvalue weighted by molar-refractivity contribution is 0.669. The largest absolute Gasteiger partial charge is 0.456 e. The van der Waals surface area contributed by atoms with Crippen LogP contribution in [0.2, 0.25) is 0 Å². The highest BCUT2D eigenvalue weighted by molar-refractivity contribution is 6.07. The van der Waals surface area contributed by atoms with Gasteiger partial charge in [0.15, 0.2) is 0 Å². The van der Waals surface area contributed by atoms with Crippen LogP contribution < -0.4 is 4.90 Å². The van der Waals surface area contributed by atoms with Crippen molar-refractivity contribution in [3.63, 3.8) is 0 Å². The molecule has 0 fully saturated rings. The second-order valence-electron chi connectivity index (χ2n) is 15.2. The molecule has 0 aliphatic heterocycles. The average Bonchev–Trinajstić information content (AvgIpc) is 3.70. The van der Waals surface area contributed by atoms with Crippen molar-refractivity contribution in [2.75, 3.05) is 4.90 Å². The van der Waals surface area contributed by atoms with Crippen molar-refractivity contribution in [3.8, 4) is 55.6 Å². The van der Waals surface area contributed by atoms with Crippen LogP contribution in [0.5, 0.6) is 0 Å². The molecule has 1 aromatic heterocycles. The number of furan rings is 1. The third-order valence-electron chi connectivity index (χ3n) is 11.7. The Hall–Kier alpha value is -7.94. The molecule has 0 amide bonds. The molecule has 0 radical (unpaired) electrons. The van der Waals surface area contributed by atoms with Gasteiger partial charge in [0.25, 0.3) is 0 Å². The van der Waals surface area contributed by atoms with Gasteiger partial charge in [0.2, 0.25) is 0 Å². The van der Waals surface area contributed by atoms with E-state index in [4.69, 9.17) is 4.42 Å². The monoisotopic (exact) mass is 765 g/mol. The van der Waals surface area contributed by atoms with Crippen LogP contribution in [0, 0.1) is 0 Å². The summed E-state index contributed by atoms with van der Waals surface area (Å²) in [5, 5.41) is 4.68. The second-order valence-corrected chi connectivity index (χ2v) is 15.2. The van der Waals surface area contributed by atoms with Gasteiger partial charge >= 0.3 is 0 Å². The smallest absolute Gasteiger partial charge is 0.135 e. The lowest BCUT2D eigenvalue weighted by Gasteiger charge is -2.27. The van der Waals surface area contributed by atoms with Crippen LogP contribution in [0.15, 0.2) is 241 Å². The first kappa shape index (κ1) is 35.2. The van der Waals surface area contributed by atoms with E-state index in [1.807, 2.05) is 12.1 Å². The molecular weight excluding hydrogens is 727 g/mol. The molecule has 0 atom stereocenters. The number of benzene rings is 10. The van der Waals surface area contributed by atoms with Gasteiger partial charge in [-0.25, -0.2) is 0 Å². The van der Waals surface area contributed by atoms with Crippen LogP contribution in [0.3, 0.4) is 0 Å². The van der Waals surface area contributed by atoms with Gasteiger partial charge < -0.3 is 9.32 Å². The van der Waals surface area contributed by atoms with E-state index in [1.54, 1.807) is 0 Å². The summed E-state index contributed by atoms with van der Waals surface area (Å²) in [5.74, 6) is 0. The molecular formula is C58H39NO. The molecule has 282 valence electrons. The fourth-order valence-electron chi connectivity index (χ4n) is 8.89. The van der Waals surface area contributed by atoms with Crippen molar-refractivity contribution in [1.29, 1.82) is 0 Å². The lowest BCUT2D eigenvalue weighted by Crippen LogP contribution is -2.10. The molecule has 1 heterocycles. The minimum absolute atomic E-state index is 0.874. The van der Waals surface area contributed by atoms with E-state index in [9.17, 15) is 0 Å². The Labute approximate surface area is 349 Å². The lowest BCUT2D eigenvalue weighted by atomic mass is 9.84. The van der Waals surface area contributed by atoms with Gasteiger partial charge in [-0.2, -0.15) is 0 Å². The Kier molecular flexibility index (Phi) is 8.87. The third kappa shape index (κ3) is 6.32. The molecule has 2 nitrogen and oxygen atoms in total. The SMILES string of the molecule is c1ccc(-c2ccccc2-c2c(-c3ccccc3)cccc2-c2cccc(N(c3ccc(-c4cccc5ccccc45)cc3)c3ccc4oc5ccccc5c4c3)c2)cc1.